The number of halogens is 1. The third-order valence-electron chi connectivity index (χ3n) is 4.28. The van der Waals surface area contributed by atoms with Gasteiger partial charge in [-0.25, -0.2) is 9.37 Å². The Balaban J connectivity index is 1.53. The van der Waals surface area contributed by atoms with Crippen molar-refractivity contribution in [2.24, 2.45) is 0 Å². The first-order valence-corrected chi connectivity index (χ1v) is 9.02. The average Bonchev–Trinajstić information content (AvgIpc) is 2.75. The van der Waals surface area contributed by atoms with Crippen molar-refractivity contribution in [2.75, 3.05) is 10.6 Å². The molecular weight excluding hydrogens is 369 g/mol. The molecule has 3 heterocycles. The molecule has 0 radical (unpaired) electrons. The molecule has 0 fully saturated rings. The van der Waals surface area contributed by atoms with Crippen LogP contribution in [0.1, 0.15) is 10.4 Å². The Labute approximate surface area is 167 Å². The lowest BCUT2D eigenvalue weighted by molar-refractivity contribution is 0.102. The van der Waals surface area contributed by atoms with Crippen LogP contribution in [0.5, 0.6) is 0 Å². The van der Waals surface area contributed by atoms with E-state index in [-0.39, 0.29) is 5.91 Å². The summed E-state index contributed by atoms with van der Waals surface area (Å²) in [6.07, 6.45) is 8.23. The zero-order chi connectivity index (χ0) is 20.1. The number of amides is 1. The third kappa shape index (κ3) is 4.47. The molecule has 1 aliphatic rings. The summed E-state index contributed by atoms with van der Waals surface area (Å²) >= 11 is 0. The van der Waals surface area contributed by atoms with Gasteiger partial charge in [0.2, 0.25) is 0 Å². The summed E-state index contributed by atoms with van der Waals surface area (Å²) in [6, 6.07) is 14.8. The van der Waals surface area contributed by atoms with Gasteiger partial charge in [0.25, 0.3) is 5.91 Å². The smallest absolute Gasteiger partial charge is 0.255 e. The van der Waals surface area contributed by atoms with E-state index in [1.54, 1.807) is 36.7 Å². The summed E-state index contributed by atoms with van der Waals surface area (Å²) in [5.41, 5.74) is 2.87. The molecule has 0 aliphatic carbocycles. The highest BCUT2D eigenvalue weighted by atomic mass is 19.1. The van der Waals surface area contributed by atoms with Crippen molar-refractivity contribution in [1.82, 2.24) is 15.3 Å². The Kier molecular flexibility index (Phi) is 5.29. The van der Waals surface area contributed by atoms with Gasteiger partial charge in [-0.05, 0) is 35.9 Å². The van der Waals surface area contributed by atoms with Crippen molar-refractivity contribution in [3.05, 3.63) is 96.7 Å². The van der Waals surface area contributed by atoms with Gasteiger partial charge in [-0.1, -0.05) is 36.4 Å². The van der Waals surface area contributed by atoms with E-state index >= 15 is 0 Å². The first-order valence-electron chi connectivity index (χ1n) is 9.02. The lowest BCUT2D eigenvalue weighted by Gasteiger charge is -2.17. The molecule has 0 bridgehead atoms. The number of hydrogen-bond acceptors (Lipinski definition) is 5. The Morgan fingerprint density at radius 3 is 2.79 bits per heavy atom. The molecule has 3 aromatic rings. The number of dihydropyridines is 1. The summed E-state index contributed by atoms with van der Waals surface area (Å²) in [6.45, 7) is 0. The summed E-state index contributed by atoms with van der Waals surface area (Å²) in [5, 5.41) is 8.49. The molecule has 4 rings (SSSR count). The van der Waals surface area contributed by atoms with Crippen molar-refractivity contribution in [1.29, 1.82) is 0 Å². The highest BCUT2D eigenvalue weighted by Crippen LogP contribution is 2.27. The lowest BCUT2D eigenvalue weighted by atomic mass is 10.1. The molecule has 0 saturated carbocycles. The predicted octanol–water partition coefficient (Wildman–Crippen LogP) is 4.10. The maximum atomic E-state index is 13.4. The van der Waals surface area contributed by atoms with Crippen LogP contribution < -0.4 is 16.0 Å². The van der Waals surface area contributed by atoms with Gasteiger partial charge in [0.1, 0.15) is 11.6 Å². The molecule has 2 aromatic heterocycles. The molecule has 1 aromatic carbocycles. The van der Waals surface area contributed by atoms with Gasteiger partial charge in [-0.2, -0.15) is 0 Å². The zero-order valence-electron chi connectivity index (χ0n) is 15.3. The number of benzene rings is 1. The predicted molar refractivity (Wildman–Crippen MR) is 111 cm³/mol. The molecule has 144 valence electrons. The van der Waals surface area contributed by atoms with E-state index in [2.05, 4.69) is 25.9 Å². The molecule has 0 saturated heterocycles. The molecule has 1 amide bonds. The minimum atomic E-state index is -1.27. The van der Waals surface area contributed by atoms with Crippen LogP contribution in [0.15, 0.2) is 91.2 Å². The van der Waals surface area contributed by atoms with E-state index in [1.807, 2.05) is 36.4 Å². The minimum Gasteiger partial charge on any atom is -0.339 e. The van der Waals surface area contributed by atoms with Crippen molar-refractivity contribution >= 4 is 17.4 Å². The van der Waals surface area contributed by atoms with E-state index in [1.165, 1.54) is 12.3 Å². The standard InChI is InChI=1S/C22H18FN5O/c23-19-7-4-8-20(27-19)28-21-13-16(9-12-25-21)22(29)26-18-14-24-11-10-17(18)15-5-2-1-3-6-15/h1-14,19,27H,(H,25,28)(H,26,29). The maximum Gasteiger partial charge on any atom is 0.255 e. The van der Waals surface area contributed by atoms with Crippen LogP contribution >= 0.6 is 0 Å². The van der Waals surface area contributed by atoms with Gasteiger partial charge in [0.05, 0.1) is 11.9 Å². The number of hydrogen-bond donors (Lipinski definition) is 3. The number of nitrogens with zero attached hydrogens (tertiary/aromatic N) is 2. The van der Waals surface area contributed by atoms with Crippen LogP contribution in [0.4, 0.5) is 15.9 Å². The van der Waals surface area contributed by atoms with Crippen molar-refractivity contribution in [3.63, 3.8) is 0 Å². The SMILES string of the molecule is O=C(Nc1cnccc1-c1ccccc1)c1ccnc(NC2=CC=CC(F)N2)c1. The number of carbonyl (C=O) groups excluding carboxylic acids is 1. The fourth-order valence-corrected chi connectivity index (χ4v) is 2.91. The molecule has 29 heavy (non-hydrogen) atoms. The van der Waals surface area contributed by atoms with Crippen LogP contribution in [0.2, 0.25) is 0 Å². The molecule has 7 heteroatoms. The summed E-state index contributed by atoms with van der Waals surface area (Å²) < 4.78 is 13.4. The van der Waals surface area contributed by atoms with E-state index in [0.717, 1.165) is 11.1 Å². The van der Waals surface area contributed by atoms with Gasteiger partial charge in [-0.15, -0.1) is 0 Å². The van der Waals surface area contributed by atoms with Crippen LogP contribution in [-0.4, -0.2) is 22.2 Å². The second kappa shape index (κ2) is 8.35. The maximum absolute atomic E-state index is 13.4. The molecular formula is C22H18FN5O. The number of rotatable bonds is 5. The molecule has 0 spiro atoms. The highest BCUT2D eigenvalue weighted by Gasteiger charge is 2.13. The Hall–Kier alpha value is -4.00. The van der Waals surface area contributed by atoms with Crippen LogP contribution in [0.25, 0.3) is 11.1 Å². The Morgan fingerprint density at radius 2 is 1.97 bits per heavy atom. The molecule has 1 aliphatic heterocycles. The second-order valence-corrected chi connectivity index (χ2v) is 6.31. The molecule has 1 unspecified atom stereocenters. The van der Waals surface area contributed by atoms with Gasteiger partial charge >= 0.3 is 0 Å². The van der Waals surface area contributed by atoms with Crippen LogP contribution in [-0.2, 0) is 0 Å². The number of nitrogens with one attached hydrogen (secondary N) is 3. The summed E-state index contributed by atoms with van der Waals surface area (Å²) in [5.74, 6) is 0.589. The molecule has 6 nitrogen and oxygen atoms in total. The number of carbonyl (C=O) groups is 1. The van der Waals surface area contributed by atoms with E-state index < -0.39 is 6.30 Å². The second-order valence-electron chi connectivity index (χ2n) is 6.31. The topological polar surface area (TPSA) is 78.9 Å². The third-order valence-corrected chi connectivity index (χ3v) is 4.28. The van der Waals surface area contributed by atoms with Gasteiger partial charge < -0.3 is 16.0 Å². The fraction of sp³-hybridized carbons (Fsp3) is 0.0455. The van der Waals surface area contributed by atoms with Gasteiger partial charge in [-0.3, -0.25) is 9.78 Å². The van der Waals surface area contributed by atoms with Gasteiger partial charge in [0, 0.05) is 23.5 Å². The van der Waals surface area contributed by atoms with Crippen molar-refractivity contribution in [2.45, 2.75) is 6.30 Å². The Morgan fingerprint density at radius 1 is 1.10 bits per heavy atom. The minimum absolute atomic E-state index is 0.297. The van der Waals surface area contributed by atoms with Crippen LogP contribution in [0.3, 0.4) is 0 Å². The van der Waals surface area contributed by atoms with Crippen molar-refractivity contribution in [3.8, 4) is 11.1 Å². The monoisotopic (exact) mass is 387 g/mol. The number of anilines is 2. The van der Waals surface area contributed by atoms with E-state index in [4.69, 9.17) is 0 Å². The van der Waals surface area contributed by atoms with Crippen LogP contribution in [0, 0.1) is 0 Å². The first kappa shape index (κ1) is 18.4. The largest absolute Gasteiger partial charge is 0.339 e. The number of alkyl halides is 1. The van der Waals surface area contributed by atoms with E-state index in [9.17, 15) is 9.18 Å². The number of aromatic nitrogens is 2. The van der Waals surface area contributed by atoms with Gasteiger partial charge in [0.15, 0.2) is 6.30 Å². The lowest BCUT2D eigenvalue weighted by Crippen LogP contribution is -2.28. The zero-order valence-corrected chi connectivity index (χ0v) is 15.3. The summed E-state index contributed by atoms with van der Waals surface area (Å²) in [4.78, 5) is 21.1. The van der Waals surface area contributed by atoms with E-state index in [0.29, 0.717) is 22.9 Å². The molecule has 1 atom stereocenters. The van der Waals surface area contributed by atoms with Crippen molar-refractivity contribution < 1.29 is 9.18 Å². The number of pyridine rings is 2. The quantitative estimate of drug-likeness (QED) is 0.575. The number of allylic oxidation sites excluding steroid dienone is 2. The Bertz CT molecular complexity index is 1080. The fourth-order valence-electron chi connectivity index (χ4n) is 2.91. The molecule has 3 N–H and O–H groups in total. The average molecular weight is 387 g/mol. The normalized spacial score (nSPS) is 15.2. The first-order chi connectivity index (χ1) is 14.2. The highest BCUT2D eigenvalue weighted by molar-refractivity contribution is 6.06. The summed E-state index contributed by atoms with van der Waals surface area (Å²) in [7, 11) is 0.